The van der Waals surface area contributed by atoms with Gasteiger partial charge in [-0.1, -0.05) is 18.2 Å². The van der Waals surface area contributed by atoms with Gasteiger partial charge < -0.3 is 16.4 Å². The van der Waals surface area contributed by atoms with E-state index in [0.29, 0.717) is 18.0 Å². The van der Waals surface area contributed by atoms with Gasteiger partial charge in [-0.3, -0.25) is 4.79 Å². The molecule has 3 aromatic rings. The number of aryl methyl sites for hydroxylation is 1. The van der Waals surface area contributed by atoms with Crippen molar-refractivity contribution in [3.05, 3.63) is 47.0 Å². The number of hydrogen-bond donors (Lipinski definition) is 2. The fourth-order valence-corrected chi connectivity index (χ4v) is 4.22. The average molecular weight is 341 g/mol. The zero-order valence-electron chi connectivity index (χ0n) is 13.3. The summed E-state index contributed by atoms with van der Waals surface area (Å²) < 4.78 is 1.90. The number of amides is 1. The number of carbonyl (C=O) groups is 1. The van der Waals surface area contributed by atoms with Gasteiger partial charge >= 0.3 is 0 Å². The Morgan fingerprint density at radius 3 is 2.54 bits per heavy atom. The molecule has 6 nitrogen and oxygen atoms in total. The standard InChI is InChI=1S/C17H19N5OS/c1-10-12-7-15(16(23)21-8-13(18)14(19)9-21)24-17(12)22(20-10)11-5-3-2-4-6-11/h2-7,13-14H,8-9,18-19H2,1H3/t13-,14-/m1/s1. The molecule has 124 valence electrons. The first-order valence-corrected chi connectivity index (χ1v) is 8.71. The molecule has 0 radical (unpaired) electrons. The molecule has 2 aromatic heterocycles. The Kier molecular flexibility index (Phi) is 3.64. The van der Waals surface area contributed by atoms with E-state index < -0.39 is 0 Å². The van der Waals surface area contributed by atoms with Gasteiger partial charge in [0.2, 0.25) is 0 Å². The van der Waals surface area contributed by atoms with Crippen molar-refractivity contribution >= 4 is 27.5 Å². The molecule has 1 aromatic carbocycles. The van der Waals surface area contributed by atoms with Crippen LogP contribution in [0, 0.1) is 6.92 Å². The van der Waals surface area contributed by atoms with Crippen LogP contribution >= 0.6 is 11.3 Å². The first-order chi connectivity index (χ1) is 11.5. The molecule has 1 aliphatic rings. The molecule has 1 fully saturated rings. The summed E-state index contributed by atoms with van der Waals surface area (Å²) in [5, 5.41) is 5.62. The molecular weight excluding hydrogens is 322 g/mol. The van der Waals surface area contributed by atoms with Crippen molar-refractivity contribution in [1.29, 1.82) is 0 Å². The van der Waals surface area contributed by atoms with Crippen molar-refractivity contribution in [2.75, 3.05) is 13.1 Å². The number of fused-ring (bicyclic) bond motifs is 1. The summed E-state index contributed by atoms with van der Waals surface area (Å²) in [7, 11) is 0. The second kappa shape index (κ2) is 5.70. The van der Waals surface area contributed by atoms with Gasteiger partial charge in [0.05, 0.1) is 16.3 Å². The predicted molar refractivity (Wildman–Crippen MR) is 95.5 cm³/mol. The quantitative estimate of drug-likeness (QED) is 0.739. The molecule has 0 bridgehead atoms. The van der Waals surface area contributed by atoms with E-state index in [1.165, 1.54) is 11.3 Å². The largest absolute Gasteiger partial charge is 0.335 e. The number of benzene rings is 1. The Labute approximate surface area is 143 Å². The minimum absolute atomic E-state index is 0.00129. The molecule has 0 unspecified atom stereocenters. The van der Waals surface area contributed by atoms with Crippen LogP contribution in [-0.2, 0) is 0 Å². The molecule has 0 saturated carbocycles. The Bertz CT molecular complexity index is 890. The van der Waals surface area contributed by atoms with Crippen LogP contribution in [0.1, 0.15) is 15.4 Å². The minimum atomic E-state index is -0.148. The van der Waals surface area contributed by atoms with E-state index in [4.69, 9.17) is 11.5 Å². The lowest BCUT2D eigenvalue weighted by Crippen LogP contribution is -2.39. The number of hydrogen-bond acceptors (Lipinski definition) is 5. The highest BCUT2D eigenvalue weighted by Gasteiger charge is 2.32. The van der Waals surface area contributed by atoms with Crippen LogP contribution in [0.2, 0.25) is 0 Å². The van der Waals surface area contributed by atoms with Crippen molar-refractivity contribution in [1.82, 2.24) is 14.7 Å². The van der Waals surface area contributed by atoms with Gasteiger partial charge in [-0.25, -0.2) is 4.68 Å². The number of para-hydroxylation sites is 1. The second-order valence-corrected chi connectivity index (χ2v) is 7.23. The summed E-state index contributed by atoms with van der Waals surface area (Å²) in [6, 6.07) is 11.6. The second-order valence-electron chi connectivity index (χ2n) is 6.20. The third-order valence-corrected chi connectivity index (χ3v) is 5.55. The lowest BCUT2D eigenvalue weighted by molar-refractivity contribution is 0.0794. The summed E-state index contributed by atoms with van der Waals surface area (Å²) in [4.78, 5) is 16.2. The molecule has 1 saturated heterocycles. The fraction of sp³-hybridized carbons (Fsp3) is 0.294. The van der Waals surface area contributed by atoms with Crippen molar-refractivity contribution in [2.45, 2.75) is 19.0 Å². The van der Waals surface area contributed by atoms with Crippen LogP contribution < -0.4 is 11.5 Å². The lowest BCUT2D eigenvalue weighted by atomic mass is 10.2. The van der Waals surface area contributed by atoms with Gasteiger partial charge in [0.15, 0.2) is 0 Å². The zero-order chi connectivity index (χ0) is 16.8. The number of nitrogens with two attached hydrogens (primary N) is 2. The van der Waals surface area contributed by atoms with Gasteiger partial charge in [0, 0.05) is 30.6 Å². The number of aromatic nitrogens is 2. The predicted octanol–water partition coefficient (Wildman–Crippen LogP) is 1.51. The number of nitrogens with zero attached hydrogens (tertiary/aromatic N) is 3. The van der Waals surface area contributed by atoms with Crippen molar-refractivity contribution < 1.29 is 4.79 Å². The SMILES string of the molecule is Cc1nn(-c2ccccc2)c2sc(C(=O)N3C[C@@H](N)[C@H](N)C3)cc12. The Morgan fingerprint density at radius 2 is 1.88 bits per heavy atom. The average Bonchev–Trinajstić information content (AvgIpc) is 3.24. The van der Waals surface area contributed by atoms with E-state index in [1.807, 2.05) is 48.0 Å². The molecule has 24 heavy (non-hydrogen) atoms. The number of rotatable bonds is 2. The molecule has 2 atom stereocenters. The molecule has 4 N–H and O–H groups in total. The Hall–Kier alpha value is -2.22. The van der Waals surface area contributed by atoms with Crippen molar-refractivity contribution in [3.8, 4) is 5.69 Å². The molecular formula is C17H19N5OS. The number of likely N-dealkylation sites (tertiary alicyclic amines) is 1. The molecule has 0 spiro atoms. The Balaban J connectivity index is 1.73. The fourth-order valence-electron chi connectivity index (χ4n) is 3.07. The summed E-state index contributed by atoms with van der Waals surface area (Å²) in [5.74, 6) is -0.00129. The highest BCUT2D eigenvalue weighted by atomic mass is 32.1. The van der Waals surface area contributed by atoms with Crippen LogP contribution in [-0.4, -0.2) is 45.8 Å². The number of carbonyl (C=O) groups excluding carboxylic acids is 1. The van der Waals surface area contributed by atoms with E-state index in [2.05, 4.69) is 5.10 Å². The first kappa shape index (κ1) is 15.3. The van der Waals surface area contributed by atoms with Crippen LogP contribution in [0.25, 0.3) is 15.9 Å². The first-order valence-electron chi connectivity index (χ1n) is 7.89. The maximum Gasteiger partial charge on any atom is 0.264 e. The highest BCUT2D eigenvalue weighted by Crippen LogP contribution is 2.31. The van der Waals surface area contributed by atoms with Crippen LogP contribution in [0.4, 0.5) is 0 Å². The van der Waals surface area contributed by atoms with Gasteiger partial charge in [-0.05, 0) is 25.1 Å². The summed E-state index contributed by atoms with van der Waals surface area (Å²) in [6.07, 6.45) is 0. The van der Waals surface area contributed by atoms with E-state index in [1.54, 1.807) is 4.90 Å². The third kappa shape index (κ3) is 2.41. The molecule has 3 heterocycles. The van der Waals surface area contributed by atoms with Gasteiger partial charge in [-0.2, -0.15) is 5.10 Å². The third-order valence-electron chi connectivity index (χ3n) is 4.46. The molecule has 7 heteroatoms. The zero-order valence-corrected chi connectivity index (χ0v) is 14.2. The topological polar surface area (TPSA) is 90.2 Å². The highest BCUT2D eigenvalue weighted by molar-refractivity contribution is 7.20. The molecule has 4 rings (SSSR count). The number of thiophene rings is 1. The Morgan fingerprint density at radius 1 is 1.21 bits per heavy atom. The smallest absolute Gasteiger partial charge is 0.264 e. The van der Waals surface area contributed by atoms with Crippen LogP contribution in [0.3, 0.4) is 0 Å². The monoisotopic (exact) mass is 341 g/mol. The summed E-state index contributed by atoms with van der Waals surface area (Å²) in [6.45, 7) is 2.99. The molecule has 1 aliphatic heterocycles. The van der Waals surface area contributed by atoms with Crippen LogP contribution in [0.15, 0.2) is 36.4 Å². The van der Waals surface area contributed by atoms with Gasteiger partial charge in [-0.15, -0.1) is 11.3 Å². The van der Waals surface area contributed by atoms with E-state index in [9.17, 15) is 4.79 Å². The van der Waals surface area contributed by atoms with E-state index in [0.717, 1.165) is 21.6 Å². The maximum absolute atomic E-state index is 12.8. The lowest BCUT2D eigenvalue weighted by Gasteiger charge is -2.14. The minimum Gasteiger partial charge on any atom is -0.335 e. The molecule has 1 amide bonds. The van der Waals surface area contributed by atoms with E-state index >= 15 is 0 Å². The summed E-state index contributed by atoms with van der Waals surface area (Å²) in [5.41, 5.74) is 13.8. The van der Waals surface area contributed by atoms with Gasteiger partial charge in [0.25, 0.3) is 5.91 Å². The summed E-state index contributed by atoms with van der Waals surface area (Å²) >= 11 is 1.46. The van der Waals surface area contributed by atoms with Crippen molar-refractivity contribution in [3.63, 3.8) is 0 Å². The van der Waals surface area contributed by atoms with E-state index in [-0.39, 0.29) is 18.0 Å². The maximum atomic E-state index is 12.8. The van der Waals surface area contributed by atoms with Crippen molar-refractivity contribution in [2.24, 2.45) is 11.5 Å². The normalized spacial score (nSPS) is 20.9. The van der Waals surface area contributed by atoms with Crippen LogP contribution in [0.5, 0.6) is 0 Å². The molecule has 0 aliphatic carbocycles. The van der Waals surface area contributed by atoms with Gasteiger partial charge in [0.1, 0.15) is 4.83 Å².